The van der Waals surface area contributed by atoms with Gasteiger partial charge in [0, 0.05) is 18.4 Å². The molecule has 1 heterocycles. The van der Waals surface area contributed by atoms with Gasteiger partial charge in [0.25, 0.3) is 5.91 Å². The standard InChI is InChI=1S/C23H30N4O2/c1-18-8-7-9-19(2)23(18)24-21(28)16-26-12-14-27(15-13-26)22(29)17-25(3)20-10-5-4-6-11-20/h4-11H,12-17H2,1-3H3,(H,24,28)/p+1. The van der Waals surface area contributed by atoms with Crippen molar-refractivity contribution in [2.24, 2.45) is 0 Å². The maximum atomic E-state index is 12.6. The van der Waals surface area contributed by atoms with E-state index in [-0.39, 0.29) is 11.8 Å². The van der Waals surface area contributed by atoms with Crippen LogP contribution in [0.25, 0.3) is 0 Å². The van der Waals surface area contributed by atoms with E-state index >= 15 is 0 Å². The second-order valence-electron chi connectivity index (χ2n) is 7.81. The molecule has 1 fully saturated rings. The van der Waals surface area contributed by atoms with Gasteiger partial charge < -0.3 is 20.0 Å². The number of carbonyl (C=O) groups excluding carboxylic acids is 2. The molecular weight excluding hydrogens is 364 g/mol. The highest BCUT2D eigenvalue weighted by molar-refractivity contribution is 5.93. The summed E-state index contributed by atoms with van der Waals surface area (Å²) >= 11 is 0. The lowest BCUT2D eigenvalue weighted by atomic mass is 10.1. The Balaban J connectivity index is 1.45. The van der Waals surface area contributed by atoms with Crippen LogP contribution < -0.4 is 15.1 Å². The second kappa shape index (κ2) is 9.56. The van der Waals surface area contributed by atoms with Crippen LogP contribution in [-0.2, 0) is 9.59 Å². The van der Waals surface area contributed by atoms with Crippen molar-refractivity contribution in [3.05, 3.63) is 59.7 Å². The Morgan fingerprint density at radius 3 is 2.24 bits per heavy atom. The third-order valence-corrected chi connectivity index (χ3v) is 5.55. The highest BCUT2D eigenvalue weighted by Crippen LogP contribution is 2.18. The van der Waals surface area contributed by atoms with Gasteiger partial charge in [-0.2, -0.15) is 0 Å². The van der Waals surface area contributed by atoms with Gasteiger partial charge in [0.1, 0.15) is 0 Å². The van der Waals surface area contributed by atoms with Gasteiger partial charge in [-0.1, -0.05) is 36.4 Å². The zero-order chi connectivity index (χ0) is 20.8. The Bertz CT molecular complexity index is 825. The highest BCUT2D eigenvalue weighted by atomic mass is 16.2. The van der Waals surface area contributed by atoms with E-state index in [1.807, 2.05) is 79.2 Å². The molecule has 2 amide bonds. The number of rotatable bonds is 6. The summed E-state index contributed by atoms with van der Waals surface area (Å²) in [6.07, 6.45) is 0. The van der Waals surface area contributed by atoms with Crippen LogP contribution in [0.3, 0.4) is 0 Å². The summed E-state index contributed by atoms with van der Waals surface area (Å²) in [7, 11) is 1.94. The number of hydrogen-bond acceptors (Lipinski definition) is 3. The topological polar surface area (TPSA) is 57.1 Å². The van der Waals surface area contributed by atoms with Crippen molar-refractivity contribution in [2.45, 2.75) is 13.8 Å². The first-order valence-corrected chi connectivity index (χ1v) is 10.2. The van der Waals surface area contributed by atoms with E-state index in [0.29, 0.717) is 26.2 Å². The van der Waals surface area contributed by atoms with Gasteiger partial charge in [0.05, 0.1) is 32.7 Å². The first-order chi connectivity index (χ1) is 13.9. The number of aryl methyl sites for hydroxylation is 2. The number of piperazine rings is 1. The summed E-state index contributed by atoms with van der Waals surface area (Å²) in [6, 6.07) is 15.9. The number of amides is 2. The number of para-hydroxylation sites is 2. The minimum atomic E-state index is 0.0287. The van der Waals surface area contributed by atoms with Crippen LogP contribution in [0.4, 0.5) is 11.4 Å². The third-order valence-electron chi connectivity index (χ3n) is 5.55. The molecule has 2 aromatic rings. The predicted octanol–water partition coefficient (Wildman–Crippen LogP) is 1.11. The molecule has 0 aromatic heterocycles. The average Bonchev–Trinajstić information content (AvgIpc) is 2.72. The molecule has 1 aliphatic heterocycles. The van der Waals surface area contributed by atoms with E-state index in [9.17, 15) is 9.59 Å². The molecule has 1 saturated heterocycles. The molecule has 0 radical (unpaired) electrons. The monoisotopic (exact) mass is 395 g/mol. The van der Waals surface area contributed by atoms with Crippen molar-refractivity contribution in [1.82, 2.24) is 4.90 Å². The fourth-order valence-corrected chi connectivity index (χ4v) is 3.75. The lowest BCUT2D eigenvalue weighted by molar-refractivity contribution is -0.895. The first kappa shape index (κ1) is 20.9. The molecule has 3 rings (SSSR count). The summed E-state index contributed by atoms with van der Waals surface area (Å²) in [4.78, 5) is 30.2. The normalized spacial score (nSPS) is 14.5. The Labute approximate surface area is 173 Å². The molecular formula is C23H31N4O2+. The van der Waals surface area contributed by atoms with Crippen LogP contribution in [0.1, 0.15) is 11.1 Å². The van der Waals surface area contributed by atoms with E-state index < -0.39 is 0 Å². The minimum absolute atomic E-state index is 0.0287. The van der Waals surface area contributed by atoms with E-state index in [1.54, 1.807) is 0 Å². The summed E-state index contributed by atoms with van der Waals surface area (Å²) in [5, 5.41) is 3.06. The number of nitrogens with one attached hydrogen (secondary N) is 2. The summed E-state index contributed by atoms with van der Waals surface area (Å²) in [5.41, 5.74) is 4.10. The van der Waals surface area contributed by atoms with Crippen molar-refractivity contribution in [2.75, 3.05) is 56.5 Å². The van der Waals surface area contributed by atoms with Crippen LogP contribution in [0.2, 0.25) is 0 Å². The van der Waals surface area contributed by atoms with Gasteiger partial charge in [-0.3, -0.25) is 9.59 Å². The largest absolute Gasteiger partial charge is 0.365 e. The SMILES string of the molecule is Cc1cccc(C)c1NC(=O)C[NH+]1CCN(C(=O)CN(C)c2ccccc2)CC1. The molecule has 6 nitrogen and oxygen atoms in total. The van der Waals surface area contributed by atoms with Crippen LogP contribution in [0.5, 0.6) is 0 Å². The number of anilines is 2. The van der Waals surface area contributed by atoms with Gasteiger partial charge in [0.15, 0.2) is 6.54 Å². The summed E-state index contributed by atoms with van der Waals surface area (Å²) in [6.45, 7) is 7.77. The molecule has 0 atom stereocenters. The van der Waals surface area contributed by atoms with Crippen molar-refractivity contribution >= 4 is 23.2 Å². The molecule has 0 spiro atoms. The molecule has 0 aliphatic carbocycles. The molecule has 0 saturated carbocycles. The third kappa shape index (κ3) is 5.57. The minimum Gasteiger partial charge on any atom is -0.365 e. The average molecular weight is 396 g/mol. The molecule has 1 aliphatic rings. The summed E-state index contributed by atoms with van der Waals surface area (Å²) < 4.78 is 0. The van der Waals surface area contributed by atoms with Crippen LogP contribution in [0.15, 0.2) is 48.5 Å². The van der Waals surface area contributed by atoms with Gasteiger partial charge in [-0.25, -0.2) is 0 Å². The summed E-state index contributed by atoms with van der Waals surface area (Å²) in [5.74, 6) is 0.163. The molecule has 29 heavy (non-hydrogen) atoms. The number of quaternary nitrogens is 1. The molecule has 6 heteroatoms. The molecule has 0 unspecified atom stereocenters. The number of hydrogen-bond donors (Lipinski definition) is 2. The van der Waals surface area contributed by atoms with Crippen molar-refractivity contribution in [3.63, 3.8) is 0 Å². The number of carbonyl (C=O) groups is 2. The van der Waals surface area contributed by atoms with Crippen molar-refractivity contribution < 1.29 is 14.5 Å². The van der Waals surface area contributed by atoms with Gasteiger partial charge in [-0.15, -0.1) is 0 Å². The number of likely N-dealkylation sites (N-methyl/N-ethyl adjacent to an activating group) is 1. The van der Waals surface area contributed by atoms with E-state index in [1.165, 1.54) is 4.90 Å². The molecule has 154 valence electrons. The Morgan fingerprint density at radius 2 is 1.62 bits per heavy atom. The Hall–Kier alpha value is -2.86. The fraction of sp³-hybridized carbons (Fsp3) is 0.391. The zero-order valence-electron chi connectivity index (χ0n) is 17.6. The zero-order valence-corrected chi connectivity index (χ0v) is 17.6. The lowest BCUT2D eigenvalue weighted by Gasteiger charge is -2.33. The molecule has 0 bridgehead atoms. The second-order valence-corrected chi connectivity index (χ2v) is 7.81. The van der Waals surface area contributed by atoms with E-state index in [0.717, 1.165) is 35.6 Å². The Kier molecular flexibility index (Phi) is 6.88. The lowest BCUT2D eigenvalue weighted by Crippen LogP contribution is -3.15. The smallest absolute Gasteiger partial charge is 0.279 e. The van der Waals surface area contributed by atoms with E-state index in [4.69, 9.17) is 0 Å². The first-order valence-electron chi connectivity index (χ1n) is 10.2. The maximum Gasteiger partial charge on any atom is 0.279 e. The Morgan fingerprint density at radius 1 is 1.00 bits per heavy atom. The van der Waals surface area contributed by atoms with Crippen molar-refractivity contribution in [1.29, 1.82) is 0 Å². The van der Waals surface area contributed by atoms with Gasteiger partial charge >= 0.3 is 0 Å². The predicted molar refractivity (Wildman–Crippen MR) is 116 cm³/mol. The maximum absolute atomic E-state index is 12.6. The van der Waals surface area contributed by atoms with Gasteiger partial charge in [0.2, 0.25) is 5.91 Å². The number of nitrogens with zero attached hydrogens (tertiary/aromatic N) is 2. The van der Waals surface area contributed by atoms with Crippen LogP contribution >= 0.6 is 0 Å². The molecule has 2 N–H and O–H groups in total. The number of benzene rings is 2. The van der Waals surface area contributed by atoms with Gasteiger partial charge in [-0.05, 0) is 37.1 Å². The van der Waals surface area contributed by atoms with E-state index in [2.05, 4.69) is 5.32 Å². The highest BCUT2D eigenvalue weighted by Gasteiger charge is 2.26. The quantitative estimate of drug-likeness (QED) is 0.770. The van der Waals surface area contributed by atoms with Crippen LogP contribution in [0, 0.1) is 13.8 Å². The molecule has 2 aromatic carbocycles. The fourth-order valence-electron chi connectivity index (χ4n) is 3.75. The van der Waals surface area contributed by atoms with Crippen LogP contribution in [-0.4, -0.2) is 63.0 Å². The van der Waals surface area contributed by atoms with Crippen molar-refractivity contribution in [3.8, 4) is 0 Å².